The van der Waals surface area contributed by atoms with Crippen LogP contribution in [0.15, 0.2) is 42.5 Å². The van der Waals surface area contributed by atoms with Gasteiger partial charge in [0.15, 0.2) is 11.5 Å². The van der Waals surface area contributed by atoms with E-state index in [1.54, 1.807) is 23.7 Å². The van der Waals surface area contributed by atoms with Crippen molar-refractivity contribution in [1.82, 2.24) is 9.65 Å². The molecule has 0 bridgehead atoms. The smallest absolute Gasteiger partial charge is 0.461 e. The van der Waals surface area contributed by atoms with Crippen LogP contribution in [0.5, 0.6) is 11.5 Å². The van der Waals surface area contributed by atoms with Gasteiger partial charge in [-0.25, -0.2) is 9.55 Å². The Morgan fingerprint density at radius 1 is 1.00 bits per heavy atom. The standard InChI is InChI=1S/C23H31N2O4P/c1-4-7-15-25(16-8-5-2)30(27,28-6-3)29-22-14-13-21-19(23(22)26)17-18-11-9-10-12-20(18)24-21/h9-14,17,26H,4-8,15-16H2,1-3H3. The predicted octanol–water partition coefficient (Wildman–Crippen LogP) is 6.52. The maximum Gasteiger partial charge on any atom is 0.461 e. The van der Waals surface area contributed by atoms with Crippen LogP contribution in [-0.4, -0.2) is 34.5 Å². The second kappa shape index (κ2) is 10.3. The number of aromatic hydroxyl groups is 1. The molecule has 0 radical (unpaired) electrons. The lowest BCUT2D eigenvalue weighted by Crippen LogP contribution is -2.27. The SMILES string of the molecule is CCCCN(CCCC)P(=O)(OCC)Oc1ccc2nc3ccccc3cc2c1O. The fourth-order valence-electron chi connectivity index (χ4n) is 3.38. The number of hydrogen-bond acceptors (Lipinski definition) is 5. The molecule has 1 unspecified atom stereocenters. The number of rotatable bonds is 11. The van der Waals surface area contributed by atoms with Gasteiger partial charge in [0.1, 0.15) is 0 Å². The van der Waals surface area contributed by atoms with E-state index in [4.69, 9.17) is 9.05 Å². The number of phenolic OH excluding ortho intramolecular Hbond substituents is 1. The van der Waals surface area contributed by atoms with E-state index in [1.165, 1.54) is 0 Å². The molecule has 1 heterocycles. The van der Waals surface area contributed by atoms with Gasteiger partial charge < -0.3 is 9.63 Å². The van der Waals surface area contributed by atoms with E-state index in [1.807, 2.05) is 30.3 Å². The molecule has 30 heavy (non-hydrogen) atoms. The average molecular weight is 430 g/mol. The molecule has 0 saturated carbocycles. The molecule has 162 valence electrons. The molecule has 0 spiro atoms. The van der Waals surface area contributed by atoms with Crippen molar-refractivity contribution in [2.75, 3.05) is 19.7 Å². The van der Waals surface area contributed by atoms with Gasteiger partial charge in [-0.2, -0.15) is 4.67 Å². The first-order valence-electron chi connectivity index (χ1n) is 10.7. The summed E-state index contributed by atoms with van der Waals surface area (Å²) in [5.41, 5.74) is 1.50. The second-order valence-corrected chi connectivity index (χ2v) is 9.24. The quantitative estimate of drug-likeness (QED) is 0.276. The molecule has 0 aliphatic heterocycles. The Morgan fingerprint density at radius 3 is 2.37 bits per heavy atom. The highest BCUT2D eigenvalue weighted by atomic mass is 31.2. The van der Waals surface area contributed by atoms with Crippen molar-refractivity contribution < 1.29 is 18.7 Å². The van der Waals surface area contributed by atoms with Gasteiger partial charge in [-0.1, -0.05) is 44.9 Å². The van der Waals surface area contributed by atoms with E-state index in [-0.39, 0.29) is 18.1 Å². The molecule has 1 N–H and O–H groups in total. The van der Waals surface area contributed by atoms with Crippen LogP contribution in [0.3, 0.4) is 0 Å². The molecule has 3 rings (SSSR count). The summed E-state index contributed by atoms with van der Waals surface area (Å²) in [5.74, 6) is 0.0750. The van der Waals surface area contributed by atoms with Crippen LogP contribution in [0.2, 0.25) is 0 Å². The Labute approximate surface area is 178 Å². The molecule has 3 aromatic rings. The number of benzene rings is 2. The third-order valence-electron chi connectivity index (χ3n) is 5.03. The molecule has 0 aliphatic rings. The van der Waals surface area contributed by atoms with Crippen LogP contribution in [0.4, 0.5) is 0 Å². The van der Waals surface area contributed by atoms with Crippen LogP contribution < -0.4 is 4.52 Å². The molecule has 0 aliphatic carbocycles. The lowest BCUT2D eigenvalue weighted by molar-refractivity contribution is 0.211. The number of unbranched alkanes of at least 4 members (excludes halogenated alkanes) is 2. The Bertz CT molecular complexity index is 1030. The van der Waals surface area contributed by atoms with Crippen molar-refractivity contribution in [3.63, 3.8) is 0 Å². The number of hydrogen-bond donors (Lipinski definition) is 1. The molecular formula is C23H31N2O4P. The highest BCUT2D eigenvalue weighted by Gasteiger charge is 2.35. The average Bonchev–Trinajstić information content (AvgIpc) is 2.75. The summed E-state index contributed by atoms with van der Waals surface area (Å²) in [5, 5.41) is 12.4. The van der Waals surface area contributed by atoms with E-state index in [2.05, 4.69) is 18.8 Å². The van der Waals surface area contributed by atoms with E-state index < -0.39 is 7.75 Å². The molecule has 0 amide bonds. The van der Waals surface area contributed by atoms with Crippen LogP contribution in [-0.2, 0) is 9.09 Å². The van der Waals surface area contributed by atoms with Crippen molar-refractivity contribution in [3.05, 3.63) is 42.5 Å². The summed E-state index contributed by atoms with van der Waals surface area (Å²) < 4.78 is 27.1. The largest absolute Gasteiger partial charge is 0.504 e. The van der Waals surface area contributed by atoms with Gasteiger partial charge in [0.2, 0.25) is 0 Å². The van der Waals surface area contributed by atoms with Crippen molar-refractivity contribution in [3.8, 4) is 11.5 Å². The van der Waals surface area contributed by atoms with Gasteiger partial charge in [0.25, 0.3) is 0 Å². The normalized spacial score (nSPS) is 13.7. The fraction of sp³-hybridized carbons (Fsp3) is 0.435. The second-order valence-electron chi connectivity index (χ2n) is 7.30. The molecule has 1 aromatic heterocycles. The number of pyridine rings is 1. The Kier molecular flexibility index (Phi) is 7.70. The van der Waals surface area contributed by atoms with Crippen LogP contribution in [0, 0.1) is 0 Å². The number of phenols is 1. The van der Waals surface area contributed by atoms with E-state index in [9.17, 15) is 9.67 Å². The van der Waals surface area contributed by atoms with Crippen molar-refractivity contribution >= 4 is 29.6 Å². The number of aromatic nitrogens is 1. The monoisotopic (exact) mass is 430 g/mol. The summed E-state index contributed by atoms with van der Waals surface area (Å²) in [7, 11) is -3.61. The van der Waals surface area contributed by atoms with Gasteiger partial charge in [-0.3, -0.25) is 4.52 Å². The van der Waals surface area contributed by atoms with Gasteiger partial charge in [0.05, 0.1) is 17.6 Å². The maximum atomic E-state index is 13.7. The van der Waals surface area contributed by atoms with Crippen LogP contribution >= 0.6 is 7.75 Å². The third kappa shape index (κ3) is 4.94. The molecule has 0 fully saturated rings. The zero-order chi connectivity index (χ0) is 21.6. The summed E-state index contributed by atoms with van der Waals surface area (Å²) >= 11 is 0. The first-order chi connectivity index (χ1) is 14.5. The van der Waals surface area contributed by atoms with Gasteiger partial charge >= 0.3 is 7.75 Å². The minimum Gasteiger partial charge on any atom is -0.504 e. The Morgan fingerprint density at radius 2 is 1.70 bits per heavy atom. The van der Waals surface area contributed by atoms with Crippen molar-refractivity contribution in [2.24, 2.45) is 0 Å². The fourth-order valence-corrected chi connectivity index (χ4v) is 5.21. The first-order valence-corrected chi connectivity index (χ1v) is 12.2. The Hall–Kier alpha value is -2.14. The summed E-state index contributed by atoms with van der Waals surface area (Å²) in [6.07, 6.45) is 3.75. The molecular weight excluding hydrogens is 399 g/mol. The van der Waals surface area contributed by atoms with E-state index in [0.29, 0.717) is 24.0 Å². The summed E-state index contributed by atoms with van der Waals surface area (Å²) in [6.45, 7) is 7.48. The van der Waals surface area contributed by atoms with Crippen molar-refractivity contribution in [2.45, 2.75) is 46.5 Å². The van der Waals surface area contributed by atoms with Gasteiger partial charge in [0, 0.05) is 23.9 Å². The number of fused-ring (bicyclic) bond motifs is 2. The van der Waals surface area contributed by atoms with Gasteiger partial charge in [-0.15, -0.1) is 0 Å². The zero-order valence-electron chi connectivity index (χ0n) is 18.0. The van der Waals surface area contributed by atoms with Crippen LogP contribution in [0.25, 0.3) is 21.8 Å². The number of para-hydroxylation sites is 1. The highest BCUT2D eigenvalue weighted by Crippen LogP contribution is 2.54. The minimum atomic E-state index is -3.61. The molecule has 2 aromatic carbocycles. The molecule has 6 nitrogen and oxygen atoms in total. The summed E-state index contributed by atoms with van der Waals surface area (Å²) in [4.78, 5) is 4.60. The lowest BCUT2D eigenvalue weighted by atomic mass is 10.1. The van der Waals surface area contributed by atoms with E-state index in [0.717, 1.165) is 36.6 Å². The molecule has 1 atom stereocenters. The third-order valence-corrected chi connectivity index (χ3v) is 7.13. The van der Waals surface area contributed by atoms with Crippen molar-refractivity contribution in [1.29, 1.82) is 0 Å². The van der Waals surface area contributed by atoms with Crippen LogP contribution in [0.1, 0.15) is 46.5 Å². The zero-order valence-corrected chi connectivity index (χ0v) is 18.9. The summed E-state index contributed by atoms with van der Waals surface area (Å²) in [6, 6.07) is 13.0. The van der Waals surface area contributed by atoms with E-state index >= 15 is 0 Å². The topological polar surface area (TPSA) is 71.9 Å². The molecule has 7 heteroatoms. The molecule has 0 saturated heterocycles. The van der Waals surface area contributed by atoms with Gasteiger partial charge in [-0.05, 0) is 44.0 Å². The predicted molar refractivity (Wildman–Crippen MR) is 122 cm³/mol. The lowest BCUT2D eigenvalue weighted by Gasteiger charge is -2.30. The Balaban J connectivity index is 1.99. The first kappa shape index (κ1) is 22.5. The minimum absolute atomic E-state index is 0.0726. The highest BCUT2D eigenvalue weighted by molar-refractivity contribution is 7.51. The maximum absolute atomic E-state index is 13.7. The number of nitrogens with zero attached hydrogens (tertiary/aromatic N) is 2.